The molecule has 1 heterocycles. The summed E-state index contributed by atoms with van der Waals surface area (Å²) in [5.74, 6) is 1.10. The maximum absolute atomic E-state index is 5.98. The van der Waals surface area contributed by atoms with E-state index in [4.69, 9.17) is 5.73 Å². The van der Waals surface area contributed by atoms with Crippen molar-refractivity contribution in [2.75, 3.05) is 0 Å². The summed E-state index contributed by atoms with van der Waals surface area (Å²) >= 11 is 0. The van der Waals surface area contributed by atoms with E-state index in [1.165, 1.54) is 0 Å². The molecule has 3 aromatic rings. The van der Waals surface area contributed by atoms with Gasteiger partial charge in [0.2, 0.25) is 0 Å². The molecule has 19 heavy (non-hydrogen) atoms. The Hall–Kier alpha value is -2.68. The number of aromatic nitrogens is 1. The largest absolute Gasteiger partial charge is 0.383 e. The molecule has 0 bridgehead atoms. The predicted molar refractivity (Wildman–Crippen MR) is 78.6 cm³/mol. The van der Waals surface area contributed by atoms with Crippen LogP contribution in [0, 0.1) is 0 Å². The number of aliphatic imine (C=N–C) groups is 1. The first kappa shape index (κ1) is 11.4. The van der Waals surface area contributed by atoms with Crippen LogP contribution < -0.4 is 5.73 Å². The van der Waals surface area contributed by atoms with Crippen LogP contribution in [0.25, 0.3) is 10.9 Å². The zero-order valence-corrected chi connectivity index (χ0v) is 10.3. The first-order chi connectivity index (χ1) is 9.33. The van der Waals surface area contributed by atoms with Gasteiger partial charge in [0.1, 0.15) is 5.84 Å². The molecule has 0 radical (unpaired) electrons. The van der Waals surface area contributed by atoms with E-state index < -0.39 is 0 Å². The minimum absolute atomic E-state index is 0.475. The van der Waals surface area contributed by atoms with Crippen LogP contribution in [0.15, 0.2) is 71.7 Å². The molecule has 0 aliphatic rings. The van der Waals surface area contributed by atoms with Crippen LogP contribution in [0.4, 0.5) is 5.82 Å². The summed E-state index contributed by atoms with van der Waals surface area (Å²) in [6.07, 6.45) is 0. The number of amidine groups is 1. The Labute approximate surface area is 111 Å². The van der Waals surface area contributed by atoms with E-state index in [1.54, 1.807) is 0 Å². The van der Waals surface area contributed by atoms with E-state index in [-0.39, 0.29) is 0 Å². The molecule has 0 aliphatic carbocycles. The molecular formula is C16H13N3. The number of nitrogens with zero attached hydrogens (tertiary/aromatic N) is 2. The summed E-state index contributed by atoms with van der Waals surface area (Å²) in [6, 6.07) is 21.5. The topological polar surface area (TPSA) is 51.3 Å². The lowest BCUT2D eigenvalue weighted by atomic mass is 10.2. The minimum Gasteiger partial charge on any atom is -0.383 e. The van der Waals surface area contributed by atoms with Crippen LogP contribution in [0.3, 0.4) is 0 Å². The Morgan fingerprint density at radius 1 is 0.842 bits per heavy atom. The highest BCUT2D eigenvalue weighted by atomic mass is 15.0. The summed E-state index contributed by atoms with van der Waals surface area (Å²) in [5.41, 5.74) is 7.80. The summed E-state index contributed by atoms with van der Waals surface area (Å²) in [7, 11) is 0. The fraction of sp³-hybridized carbons (Fsp3) is 0. The second kappa shape index (κ2) is 4.90. The molecule has 3 nitrogen and oxygen atoms in total. The van der Waals surface area contributed by atoms with Crippen molar-refractivity contribution in [3.63, 3.8) is 0 Å². The molecule has 3 heteroatoms. The SMILES string of the molecule is NC(=Nc1ccc2ccccc2n1)c1ccccc1. The van der Waals surface area contributed by atoms with Gasteiger partial charge in [-0.05, 0) is 18.2 Å². The van der Waals surface area contributed by atoms with Gasteiger partial charge < -0.3 is 5.73 Å². The first-order valence-corrected chi connectivity index (χ1v) is 6.08. The highest BCUT2D eigenvalue weighted by Crippen LogP contribution is 2.17. The Morgan fingerprint density at radius 3 is 2.42 bits per heavy atom. The van der Waals surface area contributed by atoms with Crippen molar-refractivity contribution in [3.05, 3.63) is 72.3 Å². The van der Waals surface area contributed by atoms with Crippen LogP contribution in [-0.2, 0) is 0 Å². The number of hydrogen-bond donors (Lipinski definition) is 1. The Morgan fingerprint density at radius 2 is 1.58 bits per heavy atom. The van der Waals surface area contributed by atoms with Gasteiger partial charge in [-0.25, -0.2) is 9.98 Å². The molecule has 0 spiro atoms. The molecule has 2 aromatic carbocycles. The second-order valence-electron chi connectivity index (χ2n) is 4.23. The van der Waals surface area contributed by atoms with Crippen LogP contribution in [0.1, 0.15) is 5.56 Å². The molecular weight excluding hydrogens is 234 g/mol. The fourth-order valence-electron chi connectivity index (χ4n) is 1.91. The third-order valence-corrected chi connectivity index (χ3v) is 2.89. The van der Waals surface area contributed by atoms with Crippen LogP contribution in [0.2, 0.25) is 0 Å². The van der Waals surface area contributed by atoms with Gasteiger partial charge in [-0.15, -0.1) is 0 Å². The van der Waals surface area contributed by atoms with Gasteiger partial charge in [-0.3, -0.25) is 0 Å². The molecule has 0 atom stereocenters. The lowest BCUT2D eigenvalue weighted by Gasteiger charge is -2.01. The predicted octanol–water partition coefficient (Wildman–Crippen LogP) is 3.27. The molecule has 92 valence electrons. The van der Waals surface area contributed by atoms with Crippen molar-refractivity contribution in [1.29, 1.82) is 0 Å². The van der Waals surface area contributed by atoms with Gasteiger partial charge in [0.05, 0.1) is 5.52 Å². The normalized spacial score (nSPS) is 11.7. The van der Waals surface area contributed by atoms with E-state index in [0.717, 1.165) is 16.5 Å². The molecule has 0 aliphatic heterocycles. The highest BCUT2D eigenvalue weighted by Gasteiger charge is 2.00. The van der Waals surface area contributed by atoms with Crippen LogP contribution >= 0.6 is 0 Å². The minimum atomic E-state index is 0.475. The lowest BCUT2D eigenvalue weighted by molar-refractivity contribution is 1.32. The fourth-order valence-corrected chi connectivity index (χ4v) is 1.91. The Kier molecular flexibility index (Phi) is 2.94. The zero-order chi connectivity index (χ0) is 13.1. The van der Waals surface area contributed by atoms with E-state index in [9.17, 15) is 0 Å². The van der Waals surface area contributed by atoms with Gasteiger partial charge in [0, 0.05) is 10.9 Å². The maximum atomic E-state index is 5.98. The average molecular weight is 247 g/mol. The number of para-hydroxylation sites is 1. The third-order valence-electron chi connectivity index (χ3n) is 2.89. The van der Waals surface area contributed by atoms with Gasteiger partial charge in [-0.2, -0.15) is 0 Å². The van der Waals surface area contributed by atoms with Crippen LogP contribution in [0.5, 0.6) is 0 Å². The molecule has 1 aromatic heterocycles. The highest BCUT2D eigenvalue weighted by molar-refractivity contribution is 5.99. The van der Waals surface area contributed by atoms with E-state index >= 15 is 0 Å². The third kappa shape index (κ3) is 2.45. The maximum Gasteiger partial charge on any atom is 0.154 e. The summed E-state index contributed by atoms with van der Waals surface area (Å²) in [5, 5.41) is 1.10. The number of hydrogen-bond acceptors (Lipinski definition) is 2. The summed E-state index contributed by atoms with van der Waals surface area (Å²) in [6.45, 7) is 0. The summed E-state index contributed by atoms with van der Waals surface area (Å²) in [4.78, 5) is 8.84. The number of nitrogens with two attached hydrogens (primary N) is 1. The Balaban J connectivity index is 2.01. The molecule has 0 fully saturated rings. The van der Waals surface area contributed by atoms with Crippen molar-refractivity contribution >= 4 is 22.6 Å². The number of rotatable bonds is 2. The smallest absolute Gasteiger partial charge is 0.154 e. The lowest BCUT2D eigenvalue weighted by Crippen LogP contribution is -2.12. The Bertz CT molecular complexity index is 733. The standard InChI is InChI=1S/C16H13N3/c17-16(13-7-2-1-3-8-13)19-15-11-10-12-6-4-5-9-14(12)18-15/h1-11H,(H2,17,18,19). The molecule has 3 rings (SSSR count). The monoisotopic (exact) mass is 247 g/mol. The number of fused-ring (bicyclic) bond motifs is 1. The van der Waals surface area contributed by atoms with Gasteiger partial charge in [0.25, 0.3) is 0 Å². The van der Waals surface area contributed by atoms with E-state index in [0.29, 0.717) is 11.7 Å². The molecule has 0 unspecified atom stereocenters. The van der Waals surface area contributed by atoms with Gasteiger partial charge in [-0.1, -0.05) is 48.5 Å². The van der Waals surface area contributed by atoms with Gasteiger partial charge in [0.15, 0.2) is 5.82 Å². The van der Waals surface area contributed by atoms with Crippen molar-refractivity contribution < 1.29 is 0 Å². The van der Waals surface area contributed by atoms with E-state index in [2.05, 4.69) is 9.98 Å². The van der Waals surface area contributed by atoms with Gasteiger partial charge >= 0.3 is 0 Å². The first-order valence-electron chi connectivity index (χ1n) is 6.08. The quantitative estimate of drug-likeness (QED) is 0.558. The number of benzene rings is 2. The van der Waals surface area contributed by atoms with Crippen molar-refractivity contribution in [1.82, 2.24) is 4.98 Å². The molecule has 0 amide bonds. The molecule has 0 saturated carbocycles. The van der Waals surface area contributed by atoms with Crippen molar-refractivity contribution in [3.8, 4) is 0 Å². The van der Waals surface area contributed by atoms with Crippen molar-refractivity contribution in [2.24, 2.45) is 10.7 Å². The van der Waals surface area contributed by atoms with Crippen molar-refractivity contribution in [2.45, 2.75) is 0 Å². The molecule has 2 N–H and O–H groups in total. The molecule has 0 saturated heterocycles. The zero-order valence-electron chi connectivity index (χ0n) is 10.3. The second-order valence-corrected chi connectivity index (χ2v) is 4.23. The summed E-state index contributed by atoms with van der Waals surface area (Å²) < 4.78 is 0. The average Bonchev–Trinajstić information content (AvgIpc) is 2.48. The van der Waals surface area contributed by atoms with Crippen LogP contribution in [-0.4, -0.2) is 10.8 Å². The van der Waals surface area contributed by atoms with E-state index in [1.807, 2.05) is 66.7 Å². The number of pyridine rings is 1.